The van der Waals surface area contributed by atoms with Crippen LogP contribution in [0, 0.1) is 0 Å². The fourth-order valence-corrected chi connectivity index (χ4v) is 0.387. The molecule has 0 aromatic rings. The fourth-order valence-electron chi connectivity index (χ4n) is 0.343. The summed E-state index contributed by atoms with van der Waals surface area (Å²) in [6.45, 7) is 3.21. The van der Waals surface area contributed by atoms with Crippen LogP contribution in [0.2, 0.25) is 0 Å². The second kappa shape index (κ2) is 4.96. The summed E-state index contributed by atoms with van der Waals surface area (Å²) in [5.41, 5.74) is 0. The van der Waals surface area contributed by atoms with E-state index in [2.05, 4.69) is 9.47 Å². The predicted octanol–water partition coefficient (Wildman–Crippen LogP) is 1.31. The Kier molecular flexibility index (Phi) is 4.61. The molecule has 0 aliphatic rings. The Balaban J connectivity index is 3.66. The molecule has 0 aliphatic carbocycles. The molecule has 0 fully saturated rings. The molecule has 11 heavy (non-hydrogen) atoms. The molecule has 0 spiro atoms. The third kappa shape index (κ3) is 4.61. The average Bonchev–Trinajstić information content (AvgIpc) is 1.87. The van der Waals surface area contributed by atoms with Gasteiger partial charge < -0.3 is 9.47 Å². The molecule has 5 heteroatoms. The lowest BCUT2D eigenvalue weighted by Gasteiger charge is -2.07. The van der Waals surface area contributed by atoms with E-state index < -0.39 is 17.5 Å². The molecular weight excluding hydrogens is 172 g/mol. The summed E-state index contributed by atoms with van der Waals surface area (Å²) in [5, 5.41) is -0.724. The number of hydrogen-bond acceptors (Lipinski definition) is 4. The Labute approximate surface area is 69.4 Å². The van der Waals surface area contributed by atoms with Crippen molar-refractivity contribution in [3.05, 3.63) is 0 Å². The summed E-state index contributed by atoms with van der Waals surface area (Å²) < 4.78 is 8.80. The van der Waals surface area contributed by atoms with Crippen LogP contribution in [0.25, 0.3) is 0 Å². The van der Waals surface area contributed by atoms with Crippen molar-refractivity contribution in [3.63, 3.8) is 0 Å². The minimum atomic E-state index is -0.948. The molecule has 0 aliphatic heterocycles. The highest BCUT2D eigenvalue weighted by Crippen LogP contribution is 1.98. The third-order valence-electron chi connectivity index (χ3n) is 0.855. The summed E-state index contributed by atoms with van der Waals surface area (Å²) in [4.78, 5) is 20.8. The molecule has 0 amide bonds. The van der Waals surface area contributed by atoms with Crippen molar-refractivity contribution in [3.8, 4) is 0 Å². The third-order valence-corrected chi connectivity index (χ3v) is 1.16. The van der Waals surface area contributed by atoms with Crippen molar-refractivity contribution in [1.82, 2.24) is 0 Å². The van der Waals surface area contributed by atoms with Gasteiger partial charge in [-0.15, -0.1) is 0 Å². The molecule has 0 saturated heterocycles. The quantitative estimate of drug-likeness (QED) is 0.486. The first-order valence-electron chi connectivity index (χ1n) is 3.10. The van der Waals surface area contributed by atoms with Gasteiger partial charge in [-0.2, -0.15) is 0 Å². The molecular formula is C6H9ClO4. The van der Waals surface area contributed by atoms with Gasteiger partial charge in [-0.3, -0.25) is 4.79 Å². The number of carbonyl (C=O) groups excluding carboxylic acids is 2. The predicted molar refractivity (Wildman–Crippen MR) is 38.4 cm³/mol. The van der Waals surface area contributed by atoms with Gasteiger partial charge in [0, 0.05) is 0 Å². The van der Waals surface area contributed by atoms with Crippen molar-refractivity contribution >= 4 is 23.0 Å². The molecule has 0 unspecified atom stereocenters. The monoisotopic (exact) mass is 180 g/mol. The standard InChI is InChI=1S/C6H9ClO4/c1-3-10-6(9)11-4(2)5(7)8/h4H,3H2,1-2H3/t4-/m0/s1. The lowest BCUT2D eigenvalue weighted by Crippen LogP contribution is -2.20. The van der Waals surface area contributed by atoms with E-state index in [1.54, 1.807) is 6.92 Å². The first kappa shape index (κ1) is 10.2. The van der Waals surface area contributed by atoms with Gasteiger partial charge in [-0.1, -0.05) is 0 Å². The van der Waals surface area contributed by atoms with Crippen molar-refractivity contribution in [2.45, 2.75) is 20.0 Å². The van der Waals surface area contributed by atoms with Crippen LogP contribution in [0.15, 0.2) is 0 Å². The molecule has 4 nitrogen and oxygen atoms in total. The van der Waals surface area contributed by atoms with E-state index in [-0.39, 0.29) is 6.61 Å². The smallest absolute Gasteiger partial charge is 0.435 e. The second-order valence-corrected chi connectivity index (χ2v) is 2.12. The van der Waals surface area contributed by atoms with Crippen molar-refractivity contribution in [2.75, 3.05) is 6.61 Å². The van der Waals surface area contributed by atoms with Crippen LogP contribution in [0.3, 0.4) is 0 Å². The SMILES string of the molecule is CCOC(=O)O[C@@H](C)C(=O)Cl. The molecule has 0 heterocycles. The molecule has 64 valence electrons. The van der Waals surface area contributed by atoms with Crippen molar-refractivity contribution < 1.29 is 19.1 Å². The number of ether oxygens (including phenoxy) is 2. The van der Waals surface area contributed by atoms with Crippen LogP contribution in [0.4, 0.5) is 4.79 Å². The van der Waals surface area contributed by atoms with E-state index in [1.807, 2.05) is 0 Å². The highest BCUT2D eigenvalue weighted by atomic mass is 35.5. The van der Waals surface area contributed by atoms with Crippen LogP contribution in [0.1, 0.15) is 13.8 Å². The van der Waals surface area contributed by atoms with Gasteiger partial charge in [0.15, 0.2) is 6.10 Å². The molecule has 0 bridgehead atoms. The summed E-state index contributed by atoms with van der Waals surface area (Å²) in [6.07, 6.45) is -1.83. The largest absolute Gasteiger partial charge is 0.509 e. The lowest BCUT2D eigenvalue weighted by atomic mass is 10.5. The molecule has 1 atom stereocenters. The Morgan fingerprint density at radius 3 is 2.45 bits per heavy atom. The first-order valence-corrected chi connectivity index (χ1v) is 3.48. The van der Waals surface area contributed by atoms with Crippen molar-refractivity contribution in [2.24, 2.45) is 0 Å². The maximum Gasteiger partial charge on any atom is 0.509 e. The van der Waals surface area contributed by atoms with E-state index >= 15 is 0 Å². The first-order chi connectivity index (χ1) is 5.07. The topological polar surface area (TPSA) is 52.6 Å². The van der Waals surface area contributed by atoms with Gasteiger partial charge in [0.25, 0.3) is 5.24 Å². The van der Waals surface area contributed by atoms with Crippen LogP contribution >= 0.6 is 11.6 Å². The Hall–Kier alpha value is -0.770. The van der Waals surface area contributed by atoms with E-state index in [0.29, 0.717) is 0 Å². The van der Waals surface area contributed by atoms with Crippen LogP contribution in [0.5, 0.6) is 0 Å². The van der Waals surface area contributed by atoms with Gasteiger partial charge in [-0.25, -0.2) is 4.79 Å². The average molecular weight is 181 g/mol. The molecule has 0 N–H and O–H groups in total. The molecule has 0 saturated carbocycles. The Morgan fingerprint density at radius 1 is 1.55 bits per heavy atom. The van der Waals surface area contributed by atoms with Crippen LogP contribution in [-0.2, 0) is 14.3 Å². The lowest BCUT2D eigenvalue weighted by molar-refractivity contribution is -0.119. The second-order valence-electron chi connectivity index (χ2n) is 1.75. The van der Waals surface area contributed by atoms with Gasteiger partial charge >= 0.3 is 6.16 Å². The van der Waals surface area contributed by atoms with Gasteiger partial charge in [0.05, 0.1) is 6.61 Å². The molecule has 0 radical (unpaired) electrons. The van der Waals surface area contributed by atoms with Gasteiger partial charge in [0.2, 0.25) is 0 Å². The molecule has 0 rings (SSSR count). The number of rotatable bonds is 3. The summed E-state index contributed by atoms with van der Waals surface area (Å²) in [5.74, 6) is 0. The maximum atomic E-state index is 10.5. The minimum absolute atomic E-state index is 0.210. The fraction of sp³-hybridized carbons (Fsp3) is 0.667. The zero-order chi connectivity index (χ0) is 8.85. The minimum Gasteiger partial charge on any atom is -0.435 e. The van der Waals surface area contributed by atoms with E-state index in [4.69, 9.17) is 11.6 Å². The van der Waals surface area contributed by atoms with E-state index in [9.17, 15) is 9.59 Å². The van der Waals surface area contributed by atoms with Gasteiger partial charge in [0.1, 0.15) is 0 Å². The van der Waals surface area contributed by atoms with E-state index in [1.165, 1.54) is 6.92 Å². The normalized spacial score (nSPS) is 11.9. The summed E-state index contributed by atoms with van der Waals surface area (Å²) in [7, 11) is 0. The Morgan fingerprint density at radius 2 is 2.09 bits per heavy atom. The number of halogens is 1. The maximum absolute atomic E-state index is 10.5. The number of hydrogen-bond donors (Lipinski definition) is 0. The number of carbonyl (C=O) groups is 2. The Bertz CT molecular complexity index is 157. The van der Waals surface area contributed by atoms with Crippen LogP contribution < -0.4 is 0 Å². The molecule has 0 aromatic heterocycles. The van der Waals surface area contributed by atoms with E-state index in [0.717, 1.165) is 0 Å². The summed E-state index contributed by atoms with van der Waals surface area (Å²) in [6, 6.07) is 0. The highest BCUT2D eigenvalue weighted by Gasteiger charge is 2.15. The summed E-state index contributed by atoms with van der Waals surface area (Å²) >= 11 is 5.00. The highest BCUT2D eigenvalue weighted by molar-refractivity contribution is 6.64. The zero-order valence-electron chi connectivity index (χ0n) is 6.30. The molecule has 0 aromatic carbocycles. The van der Waals surface area contributed by atoms with Gasteiger partial charge in [-0.05, 0) is 25.4 Å². The van der Waals surface area contributed by atoms with Crippen molar-refractivity contribution in [1.29, 1.82) is 0 Å². The van der Waals surface area contributed by atoms with Crippen LogP contribution in [-0.4, -0.2) is 24.1 Å². The zero-order valence-corrected chi connectivity index (χ0v) is 7.05.